The zero-order valence-electron chi connectivity index (χ0n) is 10.6. The number of nitrogens with zero attached hydrogens (tertiary/aromatic N) is 1. The van der Waals surface area contributed by atoms with Crippen LogP contribution in [-0.4, -0.2) is 30.6 Å². The van der Waals surface area contributed by atoms with Crippen LogP contribution in [0, 0.1) is 11.8 Å². The van der Waals surface area contributed by atoms with Gasteiger partial charge < -0.3 is 9.73 Å². The van der Waals surface area contributed by atoms with Gasteiger partial charge in [0.2, 0.25) is 0 Å². The van der Waals surface area contributed by atoms with E-state index in [0.29, 0.717) is 0 Å². The van der Waals surface area contributed by atoms with Crippen molar-refractivity contribution in [2.24, 2.45) is 11.8 Å². The molecule has 3 heteroatoms. The molecule has 0 bridgehead atoms. The lowest BCUT2D eigenvalue weighted by atomic mass is 9.97. The molecule has 2 aliphatic rings. The van der Waals surface area contributed by atoms with Crippen LogP contribution in [0.4, 0.5) is 0 Å². The Hall–Kier alpha value is -0.800. The summed E-state index contributed by atoms with van der Waals surface area (Å²) in [4.78, 5) is 2.62. The van der Waals surface area contributed by atoms with Crippen molar-refractivity contribution >= 4 is 0 Å². The first-order valence-electron chi connectivity index (χ1n) is 6.80. The molecule has 1 aromatic rings. The smallest absolute Gasteiger partial charge is 0.117 e. The zero-order chi connectivity index (χ0) is 11.7. The molecule has 1 N–H and O–H groups in total. The molecule has 2 heterocycles. The average Bonchev–Trinajstić information content (AvgIpc) is 2.91. The number of furan rings is 1. The lowest BCUT2D eigenvalue weighted by molar-refractivity contribution is 0.188. The topological polar surface area (TPSA) is 28.4 Å². The fourth-order valence-corrected chi connectivity index (χ4v) is 2.80. The van der Waals surface area contributed by atoms with Crippen molar-refractivity contribution in [1.82, 2.24) is 10.2 Å². The van der Waals surface area contributed by atoms with E-state index in [4.69, 9.17) is 4.42 Å². The van der Waals surface area contributed by atoms with Gasteiger partial charge in [-0.3, -0.25) is 4.90 Å². The first-order chi connectivity index (χ1) is 8.33. The zero-order valence-corrected chi connectivity index (χ0v) is 10.6. The van der Waals surface area contributed by atoms with Crippen LogP contribution in [0.5, 0.6) is 0 Å². The predicted molar refractivity (Wildman–Crippen MR) is 67.7 cm³/mol. The van der Waals surface area contributed by atoms with Gasteiger partial charge in [0.1, 0.15) is 5.76 Å². The predicted octanol–water partition coefficient (Wildman–Crippen LogP) is 2.10. The van der Waals surface area contributed by atoms with Crippen molar-refractivity contribution in [3.05, 3.63) is 24.2 Å². The van der Waals surface area contributed by atoms with Crippen LogP contribution < -0.4 is 5.32 Å². The Morgan fingerprint density at radius 3 is 2.88 bits per heavy atom. The van der Waals surface area contributed by atoms with Crippen LogP contribution in [0.3, 0.4) is 0 Å². The lowest BCUT2D eigenvalue weighted by Gasteiger charge is -2.26. The number of rotatable bonds is 5. The molecule has 1 aliphatic heterocycles. The molecule has 0 radical (unpaired) electrons. The van der Waals surface area contributed by atoms with Gasteiger partial charge in [0.05, 0.1) is 12.8 Å². The molecular weight excluding hydrogens is 212 g/mol. The molecular formula is C14H22N2O. The van der Waals surface area contributed by atoms with Crippen molar-refractivity contribution in [2.45, 2.75) is 32.4 Å². The summed E-state index contributed by atoms with van der Waals surface area (Å²) in [6.45, 7) is 6.94. The average molecular weight is 234 g/mol. The van der Waals surface area contributed by atoms with E-state index in [-0.39, 0.29) is 0 Å². The molecule has 0 aromatic carbocycles. The normalized spacial score (nSPS) is 29.1. The van der Waals surface area contributed by atoms with Crippen LogP contribution >= 0.6 is 0 Å². The summed E-state index contributed by atoms with van der Waals surface area (Å²) in [5.41, 5.74) is 0. The Bertz CT molecular complexity index is 345. The molecule has 2 fully saturated rings. The van der Waals surface area contributed by atoms with Gasteiger partial charge in [0, 0.05) is 12.6 Å². The quantitative estimate of drug-likeness (QED) is 0.845. The fourth-order valence-electron chi connectivity index (χ4n) is 2.80. The van der Waals surface area contributed by atoms with Crippen molar-refractivity contribution in [1.29, 1.82) is 0 Å². The van der Waals surface area contributed by atoms with Crippen LogP contribution in [-0.2, 0) is 6.54 Å². The summed E-state index contributed by atoms with van der Waals surface area (Å²) in [6, 6.07) is 4.89. The Balaban J connectivity index is 1.60. The van der Waals surface area contributed by atoms with E-state index in [2.05, 4.69) is 23.2 Å². The summed E-state index contributed by atoms with van der Waals surface area (Å²) in [7, 11) is 0. The minimum Gasteiger partial charge on any atom is -0.468 e. The SMILES string of the molecule is C[C@@H]1CNC[C@H]1CN(Cc1ccco1)C1CC1. The third-order valence-electron chi connectivity index (χ3n) is 4.15. The number of hydrogen-bond donors (Lipinski definition) is 1. The Kier molecular flexibility index (Phi) is 3.21. The fraction of sp³-hybridized carbons (Fsp3) is 0.714. The molecule has 17 heavy (non-hydrogen) atoms. The van der Waals surface area contributed by atoms with E-state index >= 15 is 0 Å². The lowest BCUT2D eigenvalue weighted by Crippen LogP contribution is -2.33. The van der Waals surface area contributed by atoms with E-state index in [1.807, 2.05) is 6.07 Å². The van der Waals surface area contributed by atoms with Gasteiger partial charge >= 0.3 is 0 Å². The second-order valence-corrected chi connectivity index (χ2v) is 5.64. The minimum atomic E-state index is 0.811. The molecule has 0 amide bonds. The van der Waals surface area contributed by atoms with E-state index in [0.717, 1.165) is 30.2 Å². The van der Waals surface area contributed by atoms with Crippen LogP contribution in [0.2, 0.25) is 0 Å². The van der Waals surface area contributed by atoms with Crippen molar-refractivity contribution in [3.8, 4) is 0 Å². The molecule has 0 unspecified atom stereocenters. The van der Waals surface area contributed by atoms with E-state index in [1.165, 1.54) is 32.5 Å². The van der Waals surface area contributed by atoms with Crippen LogP contribution in [0.25, 0.3) is 0 Å². The number of hydrogen-bond acceptors (Lipinski definition) is 3. The Labute approximate surface area is 103 Å². The van der Waals surface area contributed by atoms with E-state index in [1.54, 1.807) is 6.26 Å². The maximum absolute atomic E-state index is 5.48. The van der Waals surface area contributed by atoms with Gasteiger partial charge in [-0.05, 0) is 49.9 Å². The van der Waals surface area contributed by atoms with Gasteiger partial charge in [0.25, 0.3) is 0 Å². The molecule has 1 saturated heterocycles. The van der Waals surface area contributed by atoms with Crippen molar-refractivity contribution in [2.75, 3.05) is 19.6 Å². The van der Waals surface area contributed by atoms with Crippen LogP contribution in [0.1, 0.15) is 25.5 Å². The molecule has 2 atom stereocenters. The highest BCUT2D eigenvalue weighted by atomic mass is 16.3. The highest BCUT2D eigenvalue weighted by Gasteiger charge is 2.33. The second-order valence-electron chi connectivity index (χ2n) is 5.64. The Morgan fingerprint density at radius 1 is 1.41 bits per heavy atom. The maximum atomic E-state index is 5.48. The second kappa shape index (κ2) is 4.83. The third kappa shape index (κ3) is 2.72. The monoisotopic (exact) mass is 234 g/mol. The summed E-state index contributed by atoms with van der Waals surface area (Å²) >= 11 is 0. The standard InChI is InChI=1S/C14H22N2O/c1-11-7-15-8-12(11)9-16(13-4-5-13)10-14-3-2-6-17-14/h2-3,6,11-13,15H,4-5,7-10H2,1H3/t11-,12+/m1/s1. The van der Waals surface area contributed by atoms with Crippen LogP contribution in [0.15, 0.2) is 22.8 Å². The molecule has 3 rings (SSSR count). The molecule has 1 aliphatic carbocycles. The molecule has 94 valence electrons. The van der Waals surface area contributed by atoms with Gasteiger partial charge in [-0.2, -0.15) is 0 Å². The van der Waals surface area contributed by atoms with E-state index < -0.39 is 0 Å². The van der Waals surface area contributed by atoms with Gasteiger partial charge in [-0.25, -0.2) is 0 Å². The highest BCUT2D eigenvalue weighted by Crippen LogP contribution is 2.30. The molecule has 0 spiro atoms. The maximum Gasteiger partial charge on any atom is 0.117 e. The summed E-state index contributed by atoms with van der Waals surface area (Å²) in [5.74, 6) is 2.73. The first-order valence-corrected chi connectivity index (χ1v) is 6.80. The van der Waals surface area contributed by atoms with Gasteiger partial charge in [-0.1, -0.05) is 6.92 Å². The van der Waals surface area contributed by atoms with E-state index in [9.17, 15) is 0 Å². The van der Waals surface area contributed by atoms with Crippen molar-refractivity contribution < 1.29 is 4.42 Å². The first kappa shape index (κ1) is 11.3. The molecule has 1 aromatic heterocycles. The van der Waals surface area contributed by atoms with Gasteiger partial charge in [0.15, 0.2) is 0 Å². The van der Waals surface area contributed by atoms with Crippen molar-refractivity contribution in [3.63, 3.8) is 0 Å². The van der Waals surface area contributed by atoms with Gasteiger partial charge in [-0.15, -0.1) is 0 Å². The minimum absolute atomic E-state index is 0.811. The summed E-state index contributed by atoms with van der Waals surface area (Å²) in [5, 5.41) is 3.50. The number of nitrogens with one attached hydrogen (secondary N) is 1. The largest absolute Gasteiger partial charge is 0.468 e. The third-order valence-corrected chi connectivity index (χ3v) is 4.15. The molecule has 3 nitrogen and oxygen atoms in total. The summed E-state index contributed by atoms with van der Waals surface area (Å²) < 4.78 is 5.48. The summed E-state index contributed by atoms with van der Waals surface area (Å²) in [6.07, 6.45) is 4.52. The molecule has 1 saturated carbocycles. The highest BCUT2D eigenvalue weighted by molar-refractivity contribution is 5.00. The Morgan fingerprint density at radius 2 is 2.29 bits per heavy atom.